The minimum Gasteiger partial charge on any atom is -0.339 e. The van der Waals surface area contributed by atoms with Gasteiger partial charge >= 0.3 is 0 Å². The van der Waals surface area contributed by atoms with E-state index in [9.17, 15) is 13.2 Å². The Bertz CT molecular complexity index is 490. The summed E-state index contributed by atoms with van der Waals surface area (Å²) in [5.74, 6) is 1.52. The molecule has 0 bridgehead atoms. The highest BCUT2D eigenvalue weighted by atomic mass is 32.2. The van der Waals surface area contributed by atoms with E-state index < -0.39 is 10.0 Å². The number of amides is 1. The molecule has 0 aromatic heterocycles. The van der Waals surface area contributed by atoms with E-state index in [2.05, 4.69) is 10.2 Å². The van der Waals surface area contributed by atoms with Gasteiger partial charge in [-0.2, -0.15) is 4.31 Å². The summed E-state index contributed by atoms with van der Waals surface area (Å²) in [6.45, 7) is 6.48. The monoisotopic (exact) mass is 316 g/mol. The minimum absolute atomic E-state index is 0.135. The molecule has 3 fully saturated rings. The maximum Gasteiger partial charge on any atom is 0.236 e. The van der Waals surface area contributed by atoms with Crippen LogP contribution < -0.4 is 5.32 Å². The summed E-state index contributed by atoms with van der Waals surface area (Å²) < 4.78 is 24.4. The van der Waals surface area contributed by atoms with Gasteiger partial charge in [-0.15, -0.1) is 0 Å². The van der Waals surface area contributed by atoms with Gasteiger partial charge in [0.05, 0.1) is 12.8 Å². The number of carbonyl (C=O) groups is 1. The molecule has 0 aromatic carbocycles. The molecule has 2 unspecified atom stereocenters. The summed E-state index contributed by atoms with van der Waals surface area (Å²) in [6.07, 6.45) is 1.22. The Morgan fingerprint density at radius 2 is 1.67 bits per heavy atom. The third-order valence-corrected chi connectivity index (χ3v) is 6.19. The van der Waals surface area contributed by atoms with E-state index in [1.165, 1.54) is 10.6 Å². The Labute approximate surface area is 126 Å². The van der Waals surface area contributed by atoms with Crippen LogP contribution in [0.25, 0.3) is 0 Å². The molecule has 0 spiro atoms. The first-order valence-electron chi connectivity index (χ1n) is 7.59. The molecule has 21 heavy (non-hydrogen) atoms. The Morgan fingerprint density at radius 1 is 1.10 bits per heavy atom. The van der Waals surface area contributed by atoms with Gasteiger partial charge in [-0.25, -0.2) is 8.42 Å². The molecule has 0 aliphatic carbocycles. The normalized spacial score (nSPS) is 31.6. The van der Waals surface area contributed by atoms with Crippen molar-refractivity contribution in [3.05, 3.63) is 0 Å². The molecule has 0 saturated carbocycles. The molecule has 3 rings (SSSR count). The maximum absolute atomic E-state index is 12.3. The first kappa shape index (κ1) is 15.2. The molecule has 3 heterocycles. The predicted molar refractivity (Wildman–Crippen MR) is 79.3 cm³/mol. The summed E-state index contributed by atoms with van der Waals surface area (Å²) >= 11 is 0. The molecule has 0 aromatic rings. The highest BCUT2D eigenvalue weighted by molar-refractivity contribution is 7.88. The molecule has 120 valence electrons. The van der Waals surface area contributed by atoms with E-state index in [4.69, 9.17) is 0 Å². The largest absolute Gasteiger partial charge is 0.339 e. The van der Waals surface area contributed by atoms with E-state index in [1.807, 2.05) is 0 Å². The smallest absolute Gasteiger partial charge is 0.236 e. The topological polar surface area (TPSA) is 73.0 Å². The molecule has 8 heteroatoms. The van der Waals surface area contributed by atoms with Crippen LogP contribution in [0.5, 0.6) is 0 Å². The van der Waals surface area contributed by atoms with E-state index in [0.29, 0.717) is 44.6 Å². The van der Waals surface area contributed by atoms with Gasteiger partial charge in [0.25, 0.3) is 0 Å². The van der Waals surface area contributed by atoms with E-state index >= 15 is 0 Å². The fourth-order valence-electron chi connectivity index (χ4n) is 3.64. The van der Waals surface area contributed by atoms with Crippen LogP contribution in [0.1, 0.15) is 0 Å². The van der Waals surface area contributed by atoms with Crippen LogP contribution in [0.15, 0.2) is 0 Å². The lowest BCUT2D eigenvalue weighted by Gasteiger charge is -2.34. The van der Waals surface area contributed by atoms with Crippen LogP contribution in [0.2, 0.25) is 0 Å². The van der Waals surface area contributed by atoms with Gasteiger partial charge in [0.2, 0.25) is 15.9 Å². The zero-order valence-corrected chi connectivity index (χ0v) is 13.3. The number of sulfonamides is 1. The van der Waals surface area contributed by atoms with Gasteiger partial charge in [0, 0.05) is 39.3 Å². The fraction of sp³-hybridized carbons (Fsp3) is 0.923. The van der Waals surface area contributed by atoms with Crippen molar-refractivity contribution in [1.82, 2.24) is 19.4 Å². The van der Waals surface area contributed by atoms with Crippen molar-refractivity contribution in [1.29, 1.82) is 0 Å². The summed E-state index contributed by atoms with van der Waals surface area (Å²) in [6, 6.07) is 0. The van der Waals surface area contributed by atoms with Gasteiger partial charge in [-0.3, -0.25) is 9.69 Å². The van der Waals surface area contributed by atoms with E-state index in [1.54, 1.807) is 4.90 Å². The van der Waals surface area contributed by atoms with E-state index in [0.717, 1.165) is 26.2 Å². The average Bonchev–Trinajstić information content (AvgIpc) is 2.98. The van der Waals surface area contributed by atoms with Crippen LogP contribution in [0.4, 0.5) is 0 Å². The second-order valence-corrected chi connectivity index (χ2v) is 8.40. The third-order valence-electron chi connectivity index (χ3n) is 4.88. The van der Waals surface area contributed by atoms with E-state index in [-0.39, 0.29) is 5.91 Å². The number of likely N-dealkylation sites (tertiary alicyclic amines) is 1. The zero-order valence-electron chi connectivity index (χ0n) is 12.5. The number of carbonyl (C=O) groups excluding carboxylic acids is 1. The first-order chi connectivity index (χ1) is 9.93. The molecular formula is C13H24N4O3S. The van der Waals surface area contributed by atoms with Crippen LogP contribution >= 0.6 is 0 Å². The van der Waals surface area contributed by atoms with Gasteiger partial charge in [-0.05, 0) is 24.9 Å². The lowest BCUT2D eigenvalue weighted by Crippen LogP contribution is -2.52. The molecular weight excluding hydrogens is 292 g/mol. The Kier molecular flexibility index (Phi) is 4.22. The SMILES string of the molecule is CS(=O)(=O)N1CCN(C(=O)CN2CC3CNCC3C2)CC1. The number of nitrogens with zero attached hydrogens (tertiary/aromatic N) is 3. The molecule has 2 atom stereocenters. The summed E-state index contributed by atoms with van der Waals surface area (Å²) in [4.78, 5) is 16.4. The van der Waals surface area contributed by atoms with Gasteiger partial charge in [0.1, 0.15) is 0 Å². The van der Waals surface area contributed by atoms with Crippen LogP contribution in [-0.4, -0.2) is 93.6 Å². The number of nitrogens with one attached hydrogen (secondary N) is 1. The highest BCUT2D eigenvalue weighted by Gasteiger charge is 2.37. The minimum atomic E-state index is -3.13. The summed E-state index contributed by atoms with van der Waals surface area (Å²) in [7, 11) is -3.13. The van der Waals surface area contributed by atoms with Crippen molar-refractivity contribution in [2.24, 2.45) is 11.8 Å². The Hall–Kier alpha value is -0.700. The number of hydrogen-bond acceptors (Lipinski definition) is 5. The van der Waals surface area contributed by atoms with Crippen LogP contribution in [-0.2, 0) is 14.8 Å². The first-order valence-corrected chi connectivity index (χ1v) is 9.44. The highest BCUT2D eigenvalue weighted by Crippen LogP contribution is 2.26. The summed E-state index contributed by atoms with van der Waals surface area (Å²) in [5, 5.41) is 3.40. The van der Waals surface area contributed by atoms with Gasteiger partial charge in [-0.1, -0.05) is 0 Å². The van der Waals surface area contributed by atoms with Crippen molar-refractivity contribution in [3.8, 4) is 0 Å². The molecule has 3 saturated heterocycles. The molecule has 7 nitrogen and oxygen atoms in total. The van der Waals surface area contributed by atoms with Crippen molar-refractivity contribution in [2.75, 3.05) is 65.2 Å². The molecule has 3 aliphatic rings. The number of hydrogen-bond donors (Lipinski definition) is 1. The van der Waals surface area contributed by atoms with Crippen LogP contribution in [0, 0.1) is 11.8 Å². The molecule has 1 amide bonds. The average molecular weight is 316 g/mol. The second kappa shape index (κ2) is 5.83. The predicted octanol–water partition coefficient (Wildman–Crippen LogP) is -1.76. The lowest BCUT2D eigenvalue weighted by atomic mass is 10.0. The third kappa shape index (κ3) is 3.39. The molecule has 1 N–H and O–H groups in total. The van der Waals surface area contributed by atoms with Crippen molar-refractivity contribution in [2.45, 2.75) is 0 Å². The Morgan fingerprint density at radius 3 is 2.19 bits per heavy atom. The standard InChI is InChI=1S/C13H24N4O3S/c1-21(19,20)17-4-2-16(3-5-17)13(18)10-15-8-11-6-14-7-12(11)9-15/h11-12,14H,2-10H2,1H3. The lowest BCUT2D eigenvalue weighted by molar-refractivity contribution is -0.133. The number of rotatable bonds is 3. The Balaban J connectivity index is 1.47. The molecule has 3 aliphatic heterocycles. The molecule has 0 radical (unpaired) electrons. The van der Waals surface area contributed by atoms with Crippen LogP contribution in [0.3, 0.4) is 0 Å². The van der Waals surface area contributed by atoms with Crippen molar-refractivity contribution >= 4 is 15.9 Å². The van der Waals surface area contributed by atoms with Crippen molar-refractivity contribution in [3.63, 3.8) is 0 Å². The van der Waals surface area contributed by atoms with Crippen molar-refractivity contribution < 1.29 is 13.2 Å². The van der Waals surface area contributed by atoms with Gasteiger partial charge in [0.15, 0.2) is 0 Å². The fourth-order valence-corrected chi connectivity index (χ4v) is 4.47. The number of fused-ring (bicyclic) bond motifs is 1. The van der Waals surface area contributed by atoms with Gasteiger partial charge < -0.3 is 10.2 Å². The number of piperazine rings is 1. The summed E-state index contributed by atoms with van der Waals surface area (Å²) in [5.41, 5.74) is 0. The second-order valence-electron chi connectivity index (χ2n) is 6.42. The zero-order chi connectivity index (χ0) is 15.0. The maximum atomic E-state index is 12.3. The quantitative estimate of drug-likeness (QED) is 0.668.